The molecule has 0 aliphatic carbocycles. The Labute approximate surface area is 233 Å². The van der Waals surface area contributed by atoms with E-state index in [2.05, 4.69) is 28.0 Å². The summed E-state index contributed by atoms with van der Waals surface area (Å²) in [6.07, 6.45) is 1.96. The van der Waals surface area contributed by atoms with E-state index in [0.29, 0.717) is 37.3 Å². The topological polar surface area (TPSA) is 168 Å². The van der Waals surface area contributed by atoms with E-state index >= 15 is 0 Å². The van der Waals surface area contributed by atoms with Crippen LogP contribution in [0.1, 0.15) is 38.2 Å². The minimum absolute atomic E-state index is 0.00954. The first-order valence-electron chi connectivity index (χ1n) is 12.4. The first kappa shape index (κ1) is 31.1. The molecule has 1 fully saturated rings. The molecule has 13 nitrogen and oxygen atoms in total. The Bertz CT molecular complexity index is 974. The molecule has 0 spiro atoms. The molecule has 0 saturated carbocycles. The Hall–Kier alpha value is -3.14. The number of carbonyl (C=O) groups is 4. The van der Waals surface area contributed by atoms with E-state index in [9.17, 15) is 19.2 Å². The molecule has 14 heteroatoms. The number of nitrogens with zero attached hydrogens (tertiary/aromatic N) is 3. The average molecular weight is 648 g/mol. The Kier molecular flexibility index (Phi) is 13.6. The molecule has 4 amide bonds. The van der Waals surface area contributed by atoms with Crippen LogP contribution in [0.2, 0.25) is 0 Å². The quantitative estimate of drug-likeness (QED) is 0.0447. The number of carbonyl (C=O) groups excluding carboxylic acids is 4. The van der Waals surface area contributed by atoms with Crippen LogP contribution < -0.4 is 26.6 Å². The number of urea groups is 1. The predicted molar refractivity (Wildman–Crippen MR) is 153 cm³/mol. The van der Waals surface area contributed by atoms with Crippen LogP contribution in [0.4, 0.5) is 15.3 Å². The molecule has 38 heavy (non-hydrogen) atoms. The van der Waals surface area contributed by atoms with Crippen LogP contribution in [0.5, 0.6) is 0 Å². The molecule has 1 aliphatic heterocycles. The summed E-state index contributed by atoms with van der Waals surface area (Å²) >= 11 is -0.757. The maximum absolute atomic E-state index is 12.8. The van der Waals surface area contributed by atoms with Crippen LogP contribution in [0, 0.1) is 0 Å². The van der Waals surface area contributed by atoms with E-state index in [4.69, 9.17) is 13.6 Å². The number of nitrogens with two attached hydrogens (primary N) is 1. The molecule has 0 bridgehead atoms. The molecule has 1 atom stereocenters. The summed E-state index contributed by atoms with van der Waals surface area (Å²) in [6, 6.07) is 5.53. The van der Waals surface area contributed by atoms with Gasteiger partial charge in [0.05, 0.1) is 0 Å². The number of amidine groups is 1. The van der Waals surface area contributed by atoms with E-state index < -0.39 is 39.8 Å². The van der Waals surface area contributed by atoms with Crippen molar-refractivity contribution >= 4 is 57.1 Å². The molecule has 2 rings (SSSR count). The molecule has 212 valence electrons. The number of nitrogens with one attached hydrogen (secondary N) is 3. The van der Waals surface area contributed by atoms with Gasteiger partial charge in [-0.1, -0.05) is 5.16 Å². The number of halogens is 1. The van der Waals surface area contributed by atoms with E-state index in [1.165, 1.54) is 0 Å². The summed E-state index contributed by atoms with van der Waals surface area (Å²) in [5.41, 5.74) is 7.05. The van der Waals surface area contributed by atoms with Crippen LogP contribution in [0.25, 0.3) is 0 Å². The predicted octanol–water partition coefficient (Wildman–Crippen LogP) is 1.35. The van der Waals surface area contributed by atoms with Crippen molar-refractivity contribution in [2.45, 2.75) is 38.6 Å². The van der Waals surface area contributed by atoms with Crippen molar-refractivity contribution in [3.05, 3.63) is 29.8 Å². The zero-order valence-corrected chi connectivity index (χ0v) is 24.4. The maximum atomic E-state index is 12.8. The third kappa shape index (κ3) is 11.1. The van der Waals surface area contributed by atoms with Gasteiger partial charge in [0.25, 0.3) is 0 Å². The molecule has 1 heterocycles. The molecule has 1 aromatic rings. The summed E-state index contributed by atoms with van der Waals surface area (Å²) in [5, 5.41) is 11.5. The monoisotopic (exact) mass is 647 g/mol. The van der Waals surface area contributed by atoms with E-state index in [0.717, 1.165) is 17.3 Å². The second-order valence-corrected chi connectivity index (χ2v) is 11.1. The molecule has 1 saturated heterocycles. The van der Waals surface area contributed by atoms with Gasteiger partial charge >= 0.3 is 153 Å². The van der Waals surface area contributed by atoms with E-state index in [1.807, 2.05) is 19.0 Å². The number of unbranched alkanes of at least 4 members (excludes halogenated alkanes) is 1. The normalized spacial score (nSPS) is 15.5. The number of benzene rings is 1. The first-order chi connectivity index (χ1) is 18.2. The fourth-order valence-corrected chi connectivity index (χ4v) is 5.29. The standard InChI is InChI=1S/C24H38IN7O6/c1-4-5-12-25-37-20(33)10-13-27-23(35)29-19-11-15-32(22(19)34)18-8-6-17(7-9-18)21(26)30-38-24(36)28-14-16-31(2)3/h6-9,19,25H,4-5,10-16H2,1-3H3,(H2,26,30)(H,28,36)(H2,27,29,35)/t19-/m0/s1. The number of amides is 4. The number of alkyl halides is 1. The molecule has 0 radical (unpaired) electrons. The van der Waals surface area contributed by atoms with Gasteiger partial charge in [-0.15, -0.1) is 0 Å². The SMILES string of the molecule is CCCC[IH]OC(=O)CCNC(=O)N[C@H]1CCN(c2ccc(/C(N)=N/OC(=O)NCCN(C)C)cc2)C1=O. The molecule has 0 unspecified atom stereocenters. The fourth-order valence-electron chi connectivity index (χ4n) is 3.28. The van der Waals surface area contributed by atoms with Gasteiger partial charge in [0.1, 0.15) is 0 Å². The Morgan fingerprint density at radius 3 is 2.61 bits per heavy atom. The summed E-state index contributed by atoms with van der Waals surface area (Å²) in [4.78, 5) is 56.6. The number of anilines is 1. The van der Waals surface area contributed by atoms with E-state index in [1.54, 1.807) is 29.2 Å². The number of oxime groups is 1. The molecule has 1 aliphatic rings. The van der Waals surface area contributed by atoms with Gasteiger partial charge in [0.2, 0.25) is 0 Å². The van der Waals surface area contributed by atoms with Gasteiger partial charge < -0.3 is 16.0 Å². The van der Waals surface area contributed by atoms with Crippen molar-refractivity contribution < 1.29 is 27.1 Å². The summed E-state index contributed by atoms with van der Waals surface area (Å²) in [7, 11) is 3.77. The number of hydrogen-bond acceptors (Lipinski definition) is 8. The average Bonchev–Trinajstić information content (AvgIpc) is 3.24. The third-order valence-corrected chi connectivity index (χ3v) is 7.56. The van der Waals surface area contributed by atoms with E-state index in [-0.39, 0.29) is 30.7 Å². The Morgan fingerprint density at radius 2 is 1.92 bits per heavy atom. The number of hydrogen-bond donors (Lipinski definition) is 4. The molecule has 1 aromatic carbocycles. The summed E-state index contributed by atoms with van der Waals surface area (Å²) in [6.45, 7) is 3.72. The van der Waals surface area contributed by atoms with Crippen molar-refractivity contribution in [1.29, 1.82) is 0 Å². The summed E-state index contributed by atoms with van der Waals surface area (Å²) in [5.74, 6) is -0.542. The number of rotatable bonds is 14. The Morgan fingerprint density at radius 1 is 1.18 bits per heavy atom. The fraction of sp³-hybridized carbons (Fsp3) is 0.542. The van der Waals surface area contributed by atoms with Crippen molar-refractivity contribution in [3.63, 3.8) is 0 Å². The molecule has 5 N–H and O–H groups in total. The van der Waals surface area contributed by atoms with Gasteiger partial charge in [-0.05, 0) is 26.2 Å². The van der Waals surface area contributed by atoms with Crippen molar-refractivity contribution in [2.24, 2.45) is 10.9 Å². The molecular formula is C24H38IN7O6. The van der Waals surface area contributed by atoms with Gasteiger partial charge in [-0.3, -0.25) is 4.84 Å². The van der Waals surface area contributed by atoms with Crippen LogP contribution in [0.3, 0.4) is 0 Å². The zero-order valence-electron chi connectivity index (χ0n) is 22.0. The first-order valence-corrected chi connectivity index (χ1v) is 15.0. The van der Waals surface area contributed by atoms with Crippen LogP contribution >= 0.6 is 21.6 Å². The number of likely N-dealkylation sites (N-methyl/N-ethyl adjacent to an activating group) is 1. The third-order valence-electron chi connectivity index (χ3n) is 5.39. The second kappa shape index (κ2) is 16.7. The van der Waals surface area contributed by atoms with Crippen molar-refractivity contribution in [1.82, 2.24) is 20.9 Å². The second-order valence-electron chi connectivity index (χ2n) is 8.74. The van der Waals surface area contributed by atoms with Gasteiger partial charge in [-0.2, -0.15) is 0 Å². The minimum atomic E-state index is -0.757. The van der Waals surface area contributed by atoms with Gasteiger partial charge in [0, 0.05) is 18.7 Å². The molecule has 0 aromatic heterocycles. The van der Waals surface area contributed by atoms with Crippen LogP contribution in [-0.4, -0.2) is 85.5 Å². The van der Waals surface area contributed by atoms with Crippen LogP contribution in [0.15, 0.2) is 29.4 Å². The van der Waals surface area contributed by atoms with Crippen molar-refractivity contribution in [3.8, 4) is 0 Å². The van der Waals surface area contributed by atoms with Crippen molar-refractivity contribution in [2.75, 3.05) is 49.6 Å². The van der Waals surface area contributed by atoms with Gasteiger partial charge in [-0.25, -0.2) is 4.79 Å². The summed E-state index contributed by atoms with van der Waals surface area (Å²) < 4.78 is 6.18. The molecular weight excluding hydrogens is 609 g/mol. The van der Waals surface area contributed by atoms with Crippen LogP contribution in [-0.2, 0) is 17.5 Å². The zero-order chi connectivity index (χ0) is 27.9. The van der Waals surface area contributed by atoms with Gasteiger partial charge in [0.15, 0.2) is 5.84 Å². The Balaban J connectivity index is 1.76.